The Labute approximate surface area is 188 Å². The number of nitrogens with one attached hydrogen (secondary N) is 1. The number of carboxylic acid groups (broad SMARTS) is 1. The third kappa shape index (κ3) is 4.99. The molecule has 0 saturated carbocycles. The number of sulfonamides is 1. The minimum atomic E-state index is -4.19. The summed E-state index contributed by atoms with van der Waals surface area (Å²) >= 11 is 12.3. The van der Waals surface area contributed by atoms with Crippen LogP contribution in [0.3, 0.4) is 0 Å². The summed E-state index contributed by atoms with van der Waals surface area (Å²) < 4.78 is 27.4. The fourth-order valence-electron chi connectivity index (χ4n) is 2.80. The Balaban J connectivity index is 2.01. The van der Waals surface area contributed by atoms with Crippen LogP contribution in [0.1, 0.15) is 10.4 Å². The second-order valence-electron chi connectivity index (χ2n) is 6.30. The zero-order chi connectivity index (χ0) is 22.6. The van der Waals surface area contributed by atoms with Gasteiger partial charge in [-0.2, -0.15) is 0 Å². The van der Waals surface area contributed by atoms with Crippen LogP contribution in [-0.2, 0) is 14.8 Å². The van der Waals surface area contributed by atoms with Crippen LogP contribution in [0.25, 0.3) is 0 Å². The number of carbonyl (C=O) groups excluding carboxylic acids is 1. The van der Waals surface area contributed by atoms with Crippen LogP contribution in [0.5, 0.6) is 0 Å². The first-order chi connectivity index (χ1) is 14.7. The van der Waals surface area contributed by atoms with Gasteiger partial charge in [-0.1, -0.05) is 59.6 Å². The van der Waals surface area contributed by atoms with Gasteiger partial charge in [-0.05, 0) is 36.4 Å². The van der Waals surface area contributed by atoms with Crippen molar-refractivity contribution >= 4 is 56.5 Å². The molecule has 0 aliphatic heterocycles. The quantitative estimate of drug-likeness (QED) is 0.519. The molecule has 10 heteroatoms. The average Bonchev–Trinajstić information content (AvgIpc) is 2.75. The van der Waals surface area contributed by atoms with Crippen LogP contribution in [0, 0.1) is 0 Å². The third-order valence-corrected chi connectivity index (χ3v) is 6.83. The third-order valence-electron chi connectivity index (χ3n) is 4.25. The maximum absolute atomic E-state index is 13.3. The number of benzene rings is 3. The number of halogens is 2. The van der Waals surface area contributed by atoms with Crippen molar-refractivity contribution in [2.75, 3.05) is 16.2 Å². The first kappa shape index (κ1) is 22.6. The molecule has 0 heterocycles. The number of carboxylic acids is 1. The normalized spacial score (nSPS) is 11.0. The van der Waals surface area contributed by atoms with Crippen molar-refractivity contribution in [1.29, 1.82) is 0 Å². The summed E-state index contributed by atoms with van der Waals surface area (Å²) in [5.41, 5.74) is -0.0805. The largest absolute Gasteiger partial charge is 0.478 e. The molecule has 0 radical (unpaired) electrons. The molecule has 2 N–H and O–H groups in total. The molecule has 3 aromatic rings. The second kappa shape index (κ2) is 9.38. The number of amides is 1. The highest BCUT2D eigenvalue weighted by atomic mass is 35.5. The van der Waals surface area contributed by atoms with Gasteiger partial charge in [0.2, 0.25) is 5.91 Å². The van der Waals surface area contributed by atoms with Gasteiger partial charge in [0.25, 0.3) is 10.0 Å². The Kier molecular flexibility index (Phi) is 6.84. The minimum absolute atomic E-state index is 0.0136. The van der Waals surface area contributed by atoms with E-state index in [2.05, 4.69) is 5.32 Å². The van der Waals surface area contributed by atoms with E-state index in [1.165, 1.54) is 48.5 Å². The van der Waals surface area contributed by atoms with Crippen LogP contribution >= 0.6 is 23.2 Å². The lowest BCUT2D eigenvalue weighted by Gasteiger charge is -2.25. The van der Waals surface area contributed by atoms with E-state index in [0.29, 0.717) is 0 Å². The summed E-state index contributed by atoms with van der Waals surface area (Å²) in [5.74, 6) is -1.99. The van der Waals surface area contributed by atoms with Crippen molar-refractivity contribution in [3.63, 3.8) is 0 Å². The highest BCUT2D eigenvalue weighted by molar-refractivity contribution is 7.92. The fourth-order valence-corrected chi connectivity index (χ4v) is 4.70. The van der Waals surface area contributed by atoms with Gasteiger partial charge in [0.1, 0.15) is 6.54 Å². The lowest BCUT2D eigenvalue weighted by molar-refractivity contribution is -0.114. The van der Waals surface area contributed by atoms with Crippen LogP contribution in [0.4, 0.5) is 11.4 Å². The first-order valence-electron chi connectivity index (χ1n) is 8.86. The highest BCUT2D eigenvalue weighted by Crippen LogP contribution is 2.35. The molecule has 0 unspecified atom stereocenters. The van der Waals surface area contributed by atoms with Gasteiger partial charge in [0, 0.05) is 0 Å². The van der Waals surface area contributed by atoms with E-state index in [4.69, 9.17) is 23.2 Å². The van der Waals surface area contributed by atoms with Gasteiger partial charge >= 0.3 is 5.97 Å². The molecule has 0 aliphatic rings. The Hall–Kier alpha value is -3.07. The second-order valence-corrected chi connectivity index (χ2v) is 8.94. The van der Waals surface area contributed by atoms with Gasteiger partial charge in [-0.3, -0.25) is 9.10 Å². The Bertz CT molecular complexity index is 1230. The predicted octanol–water partition coefficient (Wildman–Crippen LogP) is 4.53. The zero-order valence-corrected chi connectivity index (χ0v) is 18.2. The van der Waals surface area contributed by atoms with Gasteiger partial charge in [-0.15, -0.1) is 0 Å². The monoisotopic (exact) mass is 478 g/mol. The summed E-state index contributed by atoms with van der Waals surface area (Å²) in [4.78, 5) is 24.1. The highest BCUT2D eigenvalue weighted by Gasteiger charge is 2.29. The van der Waals surface area contributed by atoms with Gasteiger partial charge in [-0.25, -0.2) is 13.2 Å². The average molecular weight is 479 g/mol. The molecule has 160 valence electrons. The Morgan fingerprint density at radius 2 is 1.55 bits per heavy atom. The molecular formula is C21H16Cl2N2O5S. The molecule has 31 heavy (non-hydrogen) atoms. The predicted molar refractivity (Wildman–Crippen MR) is 119 cm³/mol. The molecule has 0 aromatic heterocycles. The molecule has 0 bridgehead atoms. The minimum Gasteiger partial charge on any atom is -0.478 e. The smallest absolute Gasteiger partial charge is 0.337 e. The molecule has 3 rings (SSSR count). The molecule has 0 atom stereocenters. The fraction of sp³-hybridized carbons (Fsp3) is 0.0476. The zero-order valence-electron chi connectivity index (χ0n) is 15.8. The van der Waals surface area contributed by atoms with E-state index in [1.807, 2.05) is 0 Å². The van der Waals surface area contributed by atoms with Crippen molar-refractivity contribution in [3.05, 3.63) is 88.4 Å². The summed E-state index contributed by atoms with van der Waals surface area (Å²) in [6, 6.07) is 17.7. The van der Waals surface area contributed by atoms with E-state index in [9.17, 15) is 23.1 Å². The van der Waals surface area contributed by atoms with Gasteiger partial charge in [0.15, 0.2) is 0 Å². The summed E-state index contributed by atoms with van der Waals surface area (Å²) in [6.07, 6.45) is 0. The van der Waals surface area contributed by atoms with Crippen molar-refractivity contribution < 1.29 is 23.1 Å². The Morgan fingerprint density at radius 1 is 0.903 bits per heavy atom. The summed E-state index contributed by atoms with van der Waals surface area (Å²) in [7, 11) is -4.19. The van der Waals surface area contributed by atoms with E-state index in [1.54, 1.807) is 24.3 Å². The van der Waals surface area contributed by atoms with Crippen molar-refractivity contribution in [1.82, 2.24) is 0 Å². The van der Waals surface area contributed by atoms with E-state index >= 15 is 0 Å². The molecule has 0 spiro atoms. The maximum atomic E-state index is 13.3. The number of nitrogens with zero attached hydrogens (tertiary/aromatic N) is 1. The van der Waals surface area contributed by atoms with Crippen LogP contribution in [0.2, 0.25) is 10.0 Å². The van der Waals surface area contributed by atoms with Crippen molar-refractivity contribution in [2.24, 2.45) is 0 Å². The molecule has 7 nitrogen and oxygen atoms in total. The van der Waals surface area contributed by atoms with Crippen LogP contribution in [-0.4, -0.2) is 31.9 Å². The topological polar surface area (TPSA) is 104 Å². The van der Waals surface area contributed by atoms with Crippen molar-refractivity contribution in [2.45, 2.75) is 4.90 Å². The van der Waals surface area contributed by atoms with E-state index < -0.39 is 28.4 Å². The molecule has 0 aliphatic carbocycles. The standard InChI is InChI=1S/C21H16Cl2N2O5S/c22-16-10-6-12-18(20(16)23)25(31(29,30)14-7-2-1-3-8-14)13-19(26)24-17-11-5-4-9-15(17)21(27)28/h1-12H,13H2,(H,24,26)(H,27,28). The van der Waals surface area contributed by atoms with Crippen LogP contribution in [0.15, 0.2) is 77.7 Å². The number of anilines is 2. The summed E-state index contributed by atoms with van der Waals surface area (Å²) in [5, 5.41) is 11.8. The lowest BCUT2D eigenvalue weighted by atomic mass is 10.2. The molecule has 3 aromatic carbocycles. The summed E-state index contributed by atoms with van der Waals surface area (Å²) in [6.45, 7) is -0.661. The molecule has 1 amide bonds. The number of hydrogen-bond acceptors (Lipinski definition) is 4. The van der Waals surface area contributed by atoms with Gasteiger partial charge < -0.3 is 10.4 Å². The first-order valence-corrected chi connectivity index (χ1v) is 11.1. The van der Waals surface area contributed by atoms with Crippen molar-refractivity contribution in [3.8, 4) is 0 Å². The number of para-hydroxylation sites is 1. The number of rotatable bonds is 7. The number of aromatic carboxylic acids is 1. The van der Waals surface area contributed by atoms with E-state index in [0.717, 1.165) is 4.31 Å². The molecular weight excluding hydrogens is 463 g/mol. The molecule has 0 fully saturated rings. The Morgan fingerprint density at radius 3 is 2.23 bits per heavy atom. The SMILES string of the molecule is O=C(CN(c1cccc(Cl)c1Cl)S(=O)(=O)c1ccccc1)Nc1ccccc1C(=O)O. The lowest BCUT2D eigenvalue weighted by Crippen LogP contribution is -2.38. The van der Waals surface area contributed by atoms with Gasteiger partial charge in [0.05, 0.1) is 31.9 Å². The molecule has 0 saturated heterocycles. The van der Waals surface area contributed by atoms with Crippen LogP contribution < -0.4 is 9.62 Å². The number of carbonyl (C=O) groups is 2. The van der Waals surface area contributed by atoms with E-state index in [-0.39, 0.29) is 31.9 Å². The maximum Gasteiger partial charge on any atom is 0.337 e. The number of hydrogen-bond donors (Lipinski definition) is 2.